The first-order valence-corrected chi connectivity index (χ1v) is 8.31. The minimum absolute atomic E-state index is 0.157. The SMILES string of the molecule is CCCN(CCC)C(=O)CCc1nnc(-c2ccccc2C)o1. The molecule has 5 heteroatoms. The van der Waals surface area contributed by atoms with Crippen molar-refractivity contribution >= 4 is 5.91 Å². The molecule has 1 aromatic heterocycles. The van der Waals surface area contributed by atoms with Gasteiger partial charge < -0.3 is 9.32 Å². The van der Waals surface area contributed by atoms with E-state index in [0.29, 0.717) is 24.6 Å². The summed E-state index contributed by atoms with van der Waals surface area (Å²) in [7, 11) is 0. The normalized spacial score (nSPS) is 10.7. The summed E-state index contributed by atoms with van der Waals surface area (Å²) in [4.78, 5) is 14.2. The maximum absolute atomic E-state index is 12.3. The Morgan fingerprint density at radius 3 is 2.48 bits per heavy atom. The molecule has 0 aliphatic carbocycles. The van der Waals surface area contributed by atoms with Crippen molar-refractivity contribution in [2.75, 3.05) is 13.1 Å². The van der Waals surface area contributed by atoms with Crippen LogP contribution in [0.4, 0.5) is 0 Å². The van der Waals surface area contributed by atoms with Gasteiger partial charge in [-0.25, -0.2) is 0 Å². The first-order valence-electron chi connectivity index (χ1n) is 8.31. The Balaban J connectivity index is 1.97. The summed E-state index contributed by atoms with van der Waals surface area (Å²) in [5, 5.41) is 8.17. The average Bonchev–Trinajstić information content (AvgIpc) is 3.01. The molecule has 0 fully saturated rings. The monoisotopic (exact) mass is 315 g/mol. The van der Waals surface area contributed by atoms with Gasteiger partial charge in [0.25, 0.3) is 0 Å². The summed E-state index contributed by atoms with van der Waals surface area (Å²) in [6.45, 7) is 7.80. The van der Waals surface area contributed by atoms with Crippen molar-refractivity contribution in [2.24, 2.45) is 0 Å². The first kappa shape index (κ1) is 17.2. The molecule has 0 saturated heterocycles. The van der Waals surface area contributed by atoms with E-state index in [4.69, 9.17) is 4.42 Å². The molecule has 0 unspecified atom stereocenters. The maximum atomic E-state index is 12.3. The fourth-order valence-electron chi connectivity index (χ4n) is 2.55. The van der Waals surface area contributed by atoms with E-state index in [1.807, 2.05) is 36.1 Å². The minimum Gasteiger partial charge on any atom is -0.421 e. The van der Waals surface area contributed by atoms with E-state index < -0.39 is 0 Å². The molecule has 124 valence electrons. The van der Waals surface area contributed by atoms with Crippen molar-refractivity contribution in [3.05, 3.63) is 35.7 Å². The highest BCUT2D eigenvalue weighted by Crippen LogP contribution is 2.21. The lowest BCUT2D eigenvalue weighted by Gasteiger charge is -2.21. The van der Waals surface area contributed by atoms with Gasteiger partial charge in [-0.2, -0.15) is 0 Å². The zero-order chi connectivity index (χ0) is 16.7. The van der Waals surface area contributed by atoms with Crippen molar-refractivity contribution < 1.29 is 9.21 Å². The second-order valence-electron chi connectivity index (χ2n) is 5.70. The Morgan fingerprint density at radius 1 is 1.13 bits per heavy atom. The Kier molecular flexibility index (Phi) is 6.32. The van der Waals surface area contributed by atoms with Crippen LogP contribution in [0.2, 0.25) is 0 Å². The summed E-state index contributed by atoms with van der Waals surface area (Å²) in [5.74, 6) is 1.19. The van der Waals surface area contributed by atoms with E-state index in [0.717, 1.165) is 37.1 Å². The molecule has 0 radical (unpaired) electrons. The molecule has 0 bridgehead atoms. The van der Waals surface area contributed by atoms with Crippen LogP contribution in [-0.4, -0.2) is 34.1 Å². The first-order chi connectivity index (χ1) is 11.2. The van der Waals surface area contributed by atoms with E-state index in [1.165, 1.54) is 0 Å². The highest BCUT2D eigenvalue weighted by molar-refractivity contribution is 5.76. The fourth-order valence-corrected chi connectivity index (χ4v) is 2.55. The molecule has 1 amide bonds. The maximum Gasteiger partial charge on any atom is 0.247 e. The third-order valence-corrected chi connectivity index (χ3v) is 3.73. The lowest BCUT2D eigenvalue weighted by molar-refractivity contribution is -0.131. The topological polar surface area (TPSA) is 59.2 Å². The number of rotatable bonds is 8. The molecule has 0 spiro atoms. The number of aromatic nitrogens is 2. The lowest BCUT2D eigenvalue weighted by Crippen LogP contribution is -2.32. The predicted octanol–water partition coefficient (Wildman–Crippen LogP) is 3.63. The van der Waals surface area contributed by atoms with Crippen LogP contribution in [0, 0.1) is 6.92 Å². The van der Waals surface area contributed by atoms with Crippen LogP contribution >= 0.6 is 0 Å². The molecule has 0 aliphatic rings. The van der Waals surface area contributed by atoms with Crippen molar-refractivity contribution in [1.82, 2.24) is 15.1 Å². The molecular formula is C18H25N3O2. The Bertz CT molecular complexity index is 631. The van der Waals surface area contributed by atoms with Gasteiger partial charge in [0.1, 0.15) is 0 Å². The summed E-state index contributed by atoms with van der Waals surface area (Å²) in [6, 6.07) is 7.89. The molecule has 0 atom stereocenters. The van der Waals surface area contributed by atoms with Crippen LogP contribution in [0.5, 0.6) is 0 Å². The van der Waals surface area contributed by atoms with Crippen molar-refractivity contribution in [3.8, 4) is 11.5 Å². The van der Waals surface area contributed by atoms with Crippen LogP contribution in [0.25, 0.3) is 11.5 Å². The molecule has 0 N–H and O–H groups in total. The average molecular weight is 315 g/mol. The van der Waals surface area contributed by atoms with Crippen molar-refractivity contribution in [1.29, 1.82) is 0 Å². The zero-order valence-electron chi connectivity index (χ0n) is 14.2. The van der Waals surface area contributed by atoms with Crippen LogP contribution in [-0.2, 0) is 11.2 Å². The minimum atomic E-state index is 0.157. The molecule has 5 nitrogen and oxygen atoms in total. The number of amides is 1. The van der Waals surface area contributed by atoms with Gasteiger partial charge in [0.15, 0.2) is 0 Å². The largest absolute Gasteiger partial charge is 0.421 e. The second kappa shape index (κ2) is 8.46. The smallest absolute Gasteiger partial charge is 0.247 e. The number of carbonyl (C=O) groups is 1. The van der Waals surface area contributed by atoms with Crippen LogP contribution in [0.15, 0.2) is 28.7 Å². The van der Waals surface area contributed by atoms with Crippen LogP contribution in [0.3, 0.4) is 0 Å². The van der Waals surface area contributed by atoms with Gasteiger partial charge in [0.2, 0.25) is 17.7 Å². The van der Waals surface area contributed by atoms with Crippen LogP contribution in [0.1, 0.15) is 44.6 Å². The summed E-state index contributed by atoms with van der Waals surface area (Å²) in [5.41, 5.74) is 2.03. The highest BCUT2D eigenvalue weighted by Gasteiger charge is 2.15. The molecule has 0 saturated carbocycles. The molecule has 1 heterocycles. The van der Waals surface area contributed by atoms with E-state index in [9.17, 15) is 4.79 Å². The van der Waals surface area contributed by atoms with Gasteiger partial charge in [-0.3, -0.25) is 4.79 Å². The fraction of sp³-hybridized carbons (Fsp3) is 0.500. The number of benzene rings is 1. The molecule has 2 rings (SSSR count). The Labute approximate surface area is 137 Å². The van der Waals surface area contributed by atoms with Crippen molar-refractivity contribution in [2.45, 2.75) is 46.5 Å². The summed E-state index contributed by atoms with van der Waals surface area (Å²) in [6.07, 6.45) is 2.85. The summed E-state index contributed by atoms with van der Waals surface area (Å²) < 4.78 is 5.71. The molecule has 0 aliphatic heterocycles. The second-order valence-corrected chi connectivity index (χ2v) is 5.70. The van der Waals surface area contributed by atoms with Crippen LogP contribution < -0.4 is 0 Å². The number of carbonyl (C=O) groups excluding carboxylic acids is 1. The number of nitrogens with zero attached hydrogens (tertiary/aromatic N) is 3. The van der Waals surface area contributed by atoms with Crippen molar-refractivity contribution in [3.63, 3.8) is 0 Å². The molecular weight excluding hydrogens is 290 g/mol. The lowest BCUT2D eigenvalue weighted by atomic mass is 10.1. The zero-order valence-corrected chi connectivity index (χ0v) is 14.2. The van der Waals surface area contributed by atoms with Gasteiger partial charge in [-0.15, -0.1) is 10.2 Å². The number of hydrogen-bond donors (Lipinski definition) is 0. The summed E-state index contributed by atoms with van der Waals surface area (Å²) >= 11 is 0. The predicted molar refractivity (Wildman–Crippen MR) is 90.0 cm³/mol. The van der Waals surface area contributed by atoms with Gasteiger partial charge >= 0.3 is 0 Å². The number of aryl methyl sites for hydroxylation is 2. The van der Waals surface area contributed by atoms with E-state index >= 15 is 0 Å². The van der Waals surface area contributed by atoms with E-state index in [1.54, 1.807) is 0 Å². The quantitative estimate of drug-likeness (QED) is 0.746. The third kappa shape index (κ3) is 4.65. The van der Waals surface area contributed by atoms with E-state index in [-0.39, 0.29) is 5.91 Å². The Hall–Kier alpha value is -2.17. The Morgan fingerprint density at radius 2 is 1.83 bits per heavy atom. The van der Waals surface area contributed by atoms with Gasteiger partial charge in [-0.05, 0) is 31.4 Å². The highest BCUT2D eigenvalue weighted by atomic mass is 16.4. The van der Waals surface area contributed by atoms with Gasteiger partial charge in [0, 0.05) is 31.5 Å². The molecule has 1 aromatic carbocycles. The molecule has 2 aromatic rings. The van der Waals surface area contributed by atoms with Gasteiger partial charge in [0.05, 0.1) is 0 Å². The third-order valence-electron chi connectivity index (χ3n) is 3.73. The van der Waals surface area contributed by atoms with E-state index in [2.05, 4.69) is 24.0 Å². The van der Waals surface area contributed by atoms with Gasteiger partial charge in [-0.1, -0.05) is 32.0 Å². The number of hydrogen-bond acceptors (Lipinski definition) is 4. The molecule has 23 heavy (non-hydrogen) atoms. The standard InChI is InChI=1S/C18H25N3O2/c1-4-12-21(13-5-2)17(22)11-10-16-19-20-18(23-16)15-9-7-6-8-14(15)3/h6-9H,4-5,10-13H2,1-3H3.